The van der Waals surface area contributed by atoms with E-state index in [0.29, 0.717) is 5.56 Å². The first kappa shape index (κ1) is 16.7. The van der Waals surface area contributed by atoms with E-state index in [0.717, 1.165) is 6.34 Å². The van der Waals surface area contributed by atoms with Crippen molar-refractivity contribution in [2.45, 2.75) is 12.3 Å². The number of nitrogens with zero attached hydrogens (tertiary/aromatic N) is 1. The smallest absolute Gasteiger partial charge is 0.340 e. The van der Waals surface area contributed by atoms with Crippen molar-refractivity contribution in [3.63, 3.8) is 0 Å². The standard InChI is InChI=1S/C13H13F4N3O/c14-12(15)13(16,17)7-21-10-4-1-9(2-5-10)3-6-11(19)20-8-18/h1-6,8,12H,7H2,(H3,18,19,20)/b6-3+. The number of ether oxygens (including phenoxy) is 1. The van der Waals surface area contributed by atoms with E-state index in [1.165, 1.54) is 30.3 Å². The van der Waals surface area contributed by atoms with Crippen LogP contribution in [0.15, 0.2) is 35.3 Å². The number of nitrogens with two attached hydrogens (primary N) is 1. The fourth-order valence-corrected chi connectivity index (χ4v) is 1.22. The van der Waals surface area contributed by atoms with Gasteiger partial charge in [0.25, 0.3) is 0 Å². The van der Waals surface area contributed by atoms with Gasteiger partial charge in [-0.05, 0) is 23.8 Å². The Morgan fingerprint density at radius 2 is 1.95 bits per heavy atom. The zero-order valence-electron chi connectivity index (χ0n) is 10.8. The molecule has 0 aliphatic heterocycles. The van der Waals surface area contributed by atoms with Crippen LogP contribution >= 0.6 is 0 Å². The Hall–Kier alpha value is -2.38. The molecule has 0 radical (unpaired) electrons. The molecule has 0 amide bonds. The molecule has 0 heterocycles. The fourth-order valence-electron chi connectivity index (χ4n) is 1.22. The number of amidine groups is 1. The summed E-state index contributed by atoms with van der Waals surface area (Å²) in [6.45, 7) is -1.39. The van der Waals surface area contributed by atoms with E-state index in [1.54, 1.807) is 6.08 Å². The van der Waals surface area contributed by atoms with Gasteiger partial charge in [0.15, 0.2) is 6.61 Å². The van der Waals surface area contributed by atoms with Crippen LogP contribution in [0.25, 0.3) is 6.08 Å². The second-order valence-electron chi connectivity index (χ2n) is 3.92. The number of rotatable bonds is 6. The summed E-state index contributed by atoms with van der Waals surface area (Å²) in [7, 11) is 0. The van der Waals surface area contributed by atoms with Crippen molar-refractivity contribution in [2.24, 2.45) is 10.7 Å². The van der Waals surface area contributed by atoms with Crippen LogP contribution in [0, 0.1) is 5.41 Å². The van der Waals surface area contributed by atoms with Gasteiger partial charge in [-0.15, -0.1) is 0 Å². The molecule has 0 unspecified atom stereocenters. The van der Waals surface area contributed by atoms with Crippen molar-refractivity contribution in [3.8, 4) is 5.75 Å². The predicted octanol–water partition coefficient (Wildman–Crippen LogP) is 2.94. The highest BCUT2D eigenvalue weighted by molar-refractivity contribution is 5.98. The van der Waals surface area contributed by atoms with Gasteiger partial charge in [0.1, 0.15) is 11.6 Å². The maximum absolute atomic E-state index is 12.7. The molecule has 0 aromatic heterocycles. The van der Waals surface area contributed by atoms with Crippen molar-refractivity contribution in [3.05, 3.63) is 35.9 Å². The lowest BCUT2D eigenvalue weighted by Gasteiger charge is -2.15. The molecule has 0 fully saturated rings. The number of alkyl halides is 4. The molecular formula is C13H13F4N3O. The number of benzene rings is 1. The molecule has 3 N–H and O–H groups in total. The average Bonchev–Trinajstić information content (AvgIpc) is 2.44. The molecule has 1 aromatic rings. The van der Waals surface area contributed by atoms with Gasteiger partial charge in [0.05, 0.1) is 6.34 Å². The molecule has 21 heavy (non-hydrogen) atoms. The van der Waals surface area contributed by atoms with Gasteiger partial charge in [-0.1, -0.05) is 18.2 Å². The highest BCUT2D eigenvalue weighted by Crippen LogP contribution is 2.24. The summed E-state index contributed by atoms with van der Waals surface area (Å²) < 4.78 is 53.8. The van der Waals surface area contributed by atoms with Crippen molar-refractivity contribution in [2.75, 3.05) is 6.61 Å². The third-order valence-corrected chi connectivity index (χ3v) is 2.28. The van der Waals surface area contributed by atoms with Gasteiger partial charge in [-0.3, -0.25) is 5.41 Å². The lowest BCUT2D eigenvalue weighted by atomic mass is 10.2. The Morgan fingerprint density at radius 3 is 2.48 bits per heavy atom. The average molecular weight is 303 g/mol. The molecule has 0 bridgehead atoms. The molecule has 0 aliphatic carbocycles. The monoisotopic (exact) mass is 303 g/mol. The highest BCUT2D eigenvalue weighted by Gasteiger charge is 2.41. The number of halogens is 4. The van der Waals surface area contributed by atoms with Crippen molar-refractivity contribution >= 4 is 18.3 Å². The molecule has 4 nitrogen and oxygen atoms in total. The Bertz CT molecular complexity index is 527. The highest BCUT2D eigenvalue weighted by atomic mass is 19.3. The second-order valence-corrected chi connectivity index (χ2v) is 3.92. The molecule has 1 rings (SSSR count). The third-order valence-electron chi connectivity index (χ3n) is 2.28. The van der Waals surface area contributed by atoms with Crippen LogP contribution in [0.4, 0.5) is 17.6 Å². The first-order valence-electron chi connectivity index (χ1n) is 5.75. The van der Waals surface area contributed by atoms with E-state index < -0.39 is 19.0 Å². The van der Waals surface area contributed by atoms with E-state index in [4.69, 9.17) is 11.1 Å². The van der Waals surface area contributed by atoms with Crippen LogP contribution in [-0.2, 0) is 0 Å². The lowest BCUT2D eigenvalue weighted by molar-refractivity contribution is -0.148. The second kappa shape index (κ2) is 7.41. The number of hydrogen-bond donors (Lipinski definition) is 2. The van der Waals surface area contributed by atoms with Crippen LogP contribution in [0.1, 0.15) is 5.56 Å². The summed E-state index contributed by atoms with van der Waals surface area (Å²) in [5.74, 6) is -4.20. The van der Waals surface area contributed by atoms with Gasteiger partial charge < -0.3 is 10.5 Å². The maximum Gasteiger partial charge on any atom is 0.340 e. The summed E-state index contributed by atoms with van der Waals surface area (Å²) in [4.78, 5) is 3.50. The molecule has 0 aliphatic rings. The molecule has 1 aromatic carbocycles. The minimum Gasteiger partial charge on any atom is -0.487 e. The first-order valence-corrected chi connectivity index (χ1v) is 5.75. The van der Waals surface area contributed by atoms with Gasteiger partial charge in [-0.25, -0.2) is 13.8 Å². The van der Waals surface area contributed by atoms with Gasteiger partial charge in [0, 0.05) is 0 Å². The normalized spacial score (nSPS) is 12.4. The van der Waals surface area contributed by atoms with Gasteiger partial charge in [0.2, 0.25) is 0 Å². The Balaban J connectivity index is 2.60. The van der Waals surface area contributed by atoms with E-state index in [-0.39, 0.29) is 11.6 Å². The topological polar surface area (TPSA) is 71.5 Å². The van der Waals surface area contributed by atoms with Crippen molar-refractivity contribution in [1.29, 1.82) is 5.41 Å². The minimum absolute atomic E-state index is 0.0440. The van der Waals surface area contributed by atoms with E-state index in [2.05, 4.69) is 9.73 Å². The largest absolute Gasteiger partial charge is 0.487 e. The van der Waals surface area contributed by atoms with Crippen LogP contribution in [0.2, 0.25) is 0 Å². The maximum atomic E-state index is 12.7. The Morgan fingerprint density at radius 1 is 1.33 bits per heavy atom. The van der Waals surface area contributed by atoms with Crippen LogP contribution in [0.5, 0.6) is 5.75 Å². The van der Waals surface area contributed by atoms with Crippen LogP contribution in [0.3, 0.4) is 0 Å². The SMILES string of the molecule is N=C(/C=C/c1ccc(OCC(F)(F)C(F)F)cc1)N=CN. The van der Waals surface area contributed by atoms with Crippen molar-refractivity contribution in [1.82, 2.24) is 0 Å². The van der Waals surface area contributed by atoms with Crippen molar-refractivity contribution < 1.29 is 22.3 Å². The third kappa shape index (κ3) is 5.64. The van der Waals surface area contributed by atoms with Gasteiger partial charge >= 0.3 is 12.3 Å². The van der Waals surface area contributed by atoms with E-state index in [1.807, 2.05) is 0 Å². The molecule has 114 valence electrons. The van der Waals surface area contributed by atoms with E-state index in [9.17, 15) is 17.6 Å². The zero-order chi connectivity index (χ0) is 15.9. The number of aliphatic imine (C=N–C) groups is 1. The number of hydrogen-bond acceptors (Lipinski definition) is 2. The van der Waals surface area contributed by atoms with E-state index >= 15 is 0 Å². The summed E-state index contributed by atoms with van der Waals surface area (Å²) in [5, 5.41) is 7.31. The lowest BCUT2D eigenvalue weighted by Crippen LogP contribution is -2.33. The van der Waals surface area contributed by atoms with Crippen LogP contribution in [-0.4, -0.2) is 31.1 Å². The van der Waals surface area contributed by atoms with Gasteiger partial charge in [-0.2, -0.15) is 8.78 Å². The zero-order valence-corrected chi connectivity index (χ0v) is 10.8. The molecule has 8 heteroatoms. The molecule has 0 spiro atoms. The quantitative estimate of drug-likeness (QED) is 0.482. The summed E-state index contributed by atoms with van der Waals surface area (Å²) in [6, 6.07) is 5.76. The first-order chi connectivity index (χ1) is 9.85. The Kier molecular flexibility index (Phi) is 5.89. The number of nitrogens with one attached hydrogen (secondary N) is 1. The molecule has 0 atom stereocenters. The van der Waals surface area contributed by atoms with Crippen LogP contribution < -0.4 is 10.5 Å². The predicted molar refractivity (Wildman–Crippen MR) is 72.3 cm³/mol. The summed E-state index contributed by atoms with van der Waals surface area (Å²) in [5.41, 5.74) is 5.66. The fraction of sp³-hybridized carbons (Fsp3) is 0.231. The molecule has 0 saturated heterocycles. The molecule has 0 saturated carbocycles. The Labute approximate surface area is 118 Å². The summed E-state index contributed by atoms with van der Waals surface area (Å²) in [6.07, 6.45) is 0.137. The summed E-state index contributed by atoms with van der Waals surface area (Å²) >= 11 is 0. The minimum atomic E-state index is -4.19. The molecular weight excluding hydrogens is 290 g/mol.